The van der Waals surface area contributed by atoms with Crippen LogP contribution in [-0.2, 0) is 9.59 Å². The van der Waals surface area contributed by atoms with Gasteiger partial charge in [-0.2, -0.15) is 0 Å². The predicted molar refractivity (Wildman–Crippen MR) is 141 cm³/mol. The zero-order valence-corrected chi connectivity index (χ0v) is 20.4. The van der Waals surface area contributed by atoms with Crippen LogP contribution in [0.4, 0.5) is 11.4 Å². The van der Waals surface area contributed by atoms with Crippen LogP contribution in [0.5, 0.6) is 0 Å². The van der Waals surface area contributed by atoms with E-state index in [0.717, 1.165) is 85.2 Å². The lowest BCUT2D eigenvalue weighted by Crippen LogP contribution is -2.22. The van der Waals surface area contributed by atoms with Crippen LogP contribution in [0.1, 0.15) is 77.0 Å². The second kappa shape index (κ2) is 11.1. The number of rotatable bonds is 5. The number of imidazole rings is 1. The average Bonchev–Trinajstić information content (AvgIpc) is 3.06. The number of hydrogen-bond donors (Lipinski definition) is 3. The number of carbonyl (C=O) groups is 2. The molecule has 2 amide bonds. The summed E-state index contributed by atoms with van der Waals surface area (Å²) in [5, 5.41) is 6.20. The Hall–Kier alpha value is -3.15. The van der Waals surface area contributed by atoms with Crippen LogP contribution >= 0.6 is 0 Å². The highest BCUT2D eigenvalue weighted by molar-refractivity contribution is 5.95. The molecule has 1 aromatic heterocycles. The first-order chi connectivity index (χ1) is 17.2. The number of carbonyl (C=O) groups excluding carboxylic acids is 2. The van der Waals surface area contributed by atoms with E-state index in [-0.39, 0.29) is 23.7 Å². The van der Waals surface area contributed by atoms with E-state index in [1.807, 2.05) is 42.5 Å². The molecule has 2 aromatic carbocycles. The molecule has 1 heterocycles. The minimum Gasteiger partial charge on any atom is -0.338 e. The largest absolute Gasteiger partial charge is 0.338 e. The van der Waals surface area contributed by atoms with Gasteiger partial charge in [0.1, 0.15) is 5.82 Å². The van der Waals surface area contributed by atoms with Crippen LogP contribution in [0.3, 0.4) is 0 Å². The van der Waals surface area contributed by atoms with Gasteiger partial charge in [0, 0.05) is 28.8 Å². The second-order valence-electron chi connectivity index (χ2n) is 10.3. The monoisotopic (exact) mass is 472 g/mol. The molecule has 2 aliphatic rings. The first-order valence-corrected chi connectivity index (χ1v) is 13.4. The van der Waals surface area contributed by atoms with Crippen molar-refractivity contribution >= 4 is 34.2 Å². The topological polar surface area (TPSA) is 86.9 Å². The van der Waals surface area contributed by atoms with Crippen molar-refractivity contribution in [3.63, 3.8) is 0 Å². The van der Waals surface area contributed by atoms with Crippen molar-refractivity contribution in [3.05, 3.63) is 42.5 Å². The summed E-state index contributed by atoms with van der Waals surface area (Å²) in [5.41, 5.74) is 4.32. The van der Waals surface area contributed by atoms with Crippen molar-refractivity contribution in [1.29, 1.82) is 0 Å². The number of benzene rings is 2. The van der Waals surface area contributed by atoms with Gasteiger partial charge in [-0.3, -0.25) is 9.59 Å². The van der Waals surface area contributed by atoms with Crippen molar-refractivity contribution in [2.45, 2.75) is 77.0 Å². The van der Waals surface area contributed by atoms with E-state index >= 15 is 0 Å². The summed E-state index contributed by atoms with van der Waals surface area (Å²) in [7, 11) is 0. The summed E-state index contributed by atoms with van der Waals surface area (Å²) < 4.78 is 0. The maximum Gasteiger partial charge on any atom is 0.227 e. The molecule has 184 valence electrons. The molecule has 0 unspecified atom stereocenters. The SMILES string of the molecule is O=C(Nc1ccc(-c2nc3cc(NC(=O)C4CCCCCC4)ccc3[nH]2)cc1)C1CCCCCC1. The highest BCUT2D eigenvalue weighted by atomic mass is 16.2. The standard InChI is InChI=1S/C29H36N4O2/c34-28(21-9-5-1-2-6-10-21)30-23-15-13-20(14-16-23)27-32-25-18-17-24(19-26(25)33-27)31-29(35)22-11-7-3-4-8-12-22/h13-19,21-22H,1-12H2,(H,30,34)(H,31,35)(H,32,33). The molecule has 0 bridgehead atoms. The predicted octanol–water partition coefficient (Wildman–Crippen LogP) is 7.05. The number of aromatic nitrogens is 2. The van der Waals surface area contributed by atoms with Gasteiger partial charge in [-0.1, -0.05) is 51.4 Å². The average molecular weight is 473 g/mol. The first-order valence-electron chi connectivity index (χ1n) is 13.4. The normalized spacial score (nSPS) is 18.1. The highest BCUT2D eigenvalue weighted by Gasteiger charge is 2.21. The smallest absolute Gasteiger partial charge is 0.227 e. The molecule has 2 saturated carbocycles. The molecule has 0 atom stereocenters. The third-order valence-electron chi connectivity index (χ3n) is 7.63. The second-order valence-corrected chi connectivity index (χ2v) is 10.3. The van der Waals surface area contributed by atoms with Gasteiger partial charge in [0.05, 0.1) is 11.0 Å². The van der Waals surface area contributed by atoms with Gasteiger partial charge in [-0.15, -0.1) is 0 Å². The number of amides is 2. The van der Waals surface area contributed by atoms with Crippen molar-refractivity contribution in [3.8, 4) is 11.4 Å². The quantitative estimate of drug-likeness (QED) is 0.348. The molecular weight excluding hydrogens is 436 g/mol. The molecule has 2 fully saturated rings. The highest BCUT2D eigenvalue weighted by Crippen LogP contribution is 2.28. The van der Waals surface area contributed by atoms with E-state index in [1.54, 1.807) is 0 Å². The number of fused-ring (bicyclic) bond motifs is 1. The Balaban J connectivity index is 1.24. The molecule has 2 aliphatic carbocycles. The van der Waals surface area contributed by atoms with Crippen LogP contribution in [-0.4, -0.2) is 21.8 Å². The van der Waals surface area contributed by atoms with Crippen molar-refractivity contribution in [1.82, 2.24) is 9.97 Å². The maximum absolute atomic E-state index is 12.7. The zero-order valence-electron chi connectivity index (χ0n) is 20.4. The minimum atomic E-state index is 0.115. The van der Waals surface area contributed by atoms with Crippen LogP contribution in [0, 0.1) is 11.8 Å². The Bertz CT molecular complexity index is 1150. The van der Waals surface area contributed by atoms with Crippen molar-refractivity contribution in [2.75, 3.05) is 10.6 Å². The zero-order chi connectivity index (χ0) is 24.0. The van der Waals surface area contributed by atoms with E-state index in [2.05, 4.69) is 15.6 Å². The molecule has 0 aliphatic heterocycles. The van der Waals surface area contributed by atoms with E-state index < -0.39 is 0 Å². The fraction of sp³-hybridized carbons (Fsp3) is 0.483. The van der Waals surface area contributed by atoms with Gasteiger partial charge in [-0.05, 0) is 68.1 Å². The lowest BCUT2D eigenvalue weighted by Gasteiger charge is -2.14. The van der Waals surface area contributed by atoms with Gasteiger partial charge >= 0.3 is 0 Å². The van der Waals surface area contributed by atoms with Gasteiger partial charge < -0.3 is 15.6 Å². The lowest BCUT2D eigenvalue weighted by atomic mass is 9.99. The Kier molecular flexibility index (Phi) is 7.45. The lowest BCUT2D eigenvalue weighted by molar-refractivity contribution is -0.121. The summed E-state index contributed by atoms with van der Waals surface area (Å²) >= 11 is 0. The van der Waals surface area contributed by atoms with E-state index in [1.165, 1.54) is 25.7 Å². The number of hydrogen-bond acceptors (Lipinski definition) is 3. The maximum atomic E-state index is 12.7. The fourth-order valence-corrected chi connectivity index (χ4v) is 5.50. The Labute approximate surface area is 207 Å². The van der Waals surface area contributed by atoms with Crippen molar-refractivity contribution < 1.29 is 9.59 Å². The van der Waals surface area contributed by atoms with Crippen molar-refractivity contribution in [2.24, 2.45) is 11.8 Å². The number of anilines is 2. The van der Waals surface area contributed by atoms with E-state index in [4.69, 9.17) is 4.98 Å². The molecule has 3 aromatic rings. The number of nitrogens with one attached hydrogen (secondary N) is 3. The Morgan fingerprint density at radius 1 is 0.686 bits per heavy atom. The summed E-state index contributed by atoms with van der Waals surface area (Å²) in [6.07, 6.45) is 13.5. The van der Waals surface area contributed by atoms with E-state index in [9.17, 15) is 9.59 Å². The van der Waals surface area contributed by atoms with Crippen LogP contribution in [0.2, 0.25) is 0 Å². The summed E-state index contributed by atoms with van der Waals surface area (Å²) in [4.78, 5) is 33.5. The molecule has 0 spiro atoms. The van der Waals surface area contributed by atoms with Gasteiger partial charge in [0.15, 0.2) is 0 Å². The van der Waals surface area contributed by atoms with E-state index in [0.29, 0.717) is 0 Å². The van der Waals surface area contributed by atoms with Gasteiger partial charge in [0.2, 0.25) is 11.8 Å². The van der Waals surface area contributed by atoms with Crippen LogP contribution in [0.25, 0.3) is 22.4 Å². The summed E-state index contributed by atoms with van der Waals surface area (Å²) in [5.74, 6) is 1.29. The summed E-state index contributed by atoms with van der Waals surface area (Å²) in [6, 6.07) is 13.7. The molecule has 6 heteroatoms. The molecule has 3 N–H and O–H groups in total. The van der Waals surface area contributed by atoms with Gasteiger partial charge in [-0.25, -0.2) is 4.98 Å². The number of aromatic amines is 1. The number of nitrogens with zero attached hydrogens (tertiary/aromatic N) is 1. The molecular formula is C29H36N4O2. The Morgan fingerprint density at radius 2 is 1.20 bits per heavy atom. The van der Waals surface area contributed by atoms with Crippen LogP contribution in [0.15, 0.2) is 42.5 Å². The minimum absolute atomic E-state index is 0.115. The fourth-order valence-electron chi connectivity index (χ4n) is 5.50. The number of H-pyrrole nitrogens is 1. The molecule has 35 heavy (non-hydrogen) atoms. The van der Waals surface area contributed by atoms with Crippen LogP contribution < -0.4 is 10.6 Å². The first kappa shape index (κ1) is 23.6. The molecule has 0 radical (unpaired) electrons. The third kappa shape index (κ3) is 5.92. The molecule has 0 saturated heterocycles. The van der Waals surface area contributed by atoms with Gasteiger partial charge in [0.25, 0.3) is 0 Å². The Morgan fingerprint density at radius 3 is 1.77 bits per heavy atom. The molecule has 5 rings (SSSR count). The third-order valence-corrected chi connectivity index (χ3v) is 7.63. The summed E-state index contributed by atoms with van der Waals surface area (Å²) in [6.45, 7) is 0. The molecule has 6 nitrogen and oxygen atoms in total.